The maximum Gasteiger partial charge on any atom is 0.140 e. The second-order valence-corrected chi connectivity index (χ2v) is 5.68. The largest absolute Gasteiger partial charge is 0.367 e. The van der Waals surface area contributed by atoms with E-state index in [4.69, 9.17) is 5.73 Å². The molecular formula is C11H17Br2N3. The zero-order valence-corrected chi connectivity index (χ0v) is 12.7. The maximum atomic E-state index is 6.21. The molecule has 1 aromatic rings. The van der Waals surface area contributed by atoms with Crippen LogP contribution in [-0.4, -0.2) is 17.1 Å². The summed E-state index contributed by atoms with van der Waals surface area (Å²) in [6.45, 7) is 4.94. The van der Waals surface area contributed by atoms with Crippen LogP contribution in [0.5, 0.6) is 0 Å². The molecule has 0 aliphatic heterocycles. The van der Waals surface area contributed by atoms with E-state index >= 15 is 0 Å². The molecule has 0 aliphatic rings. The van der Waals surface area contributed by atoms with E-state index in [0.29, 0.717) is 0 Å². The van der Waals surface area contributed by atoms with Gasteiger partial charge in [0.1, 0.15) is 5.82 Å². The molecule has 1 rings (SSSR count). The molecule has 0 fully saturated rings. The van der Waals surface area contributed by atoms with Crippen LogP contribution in [-0.2, 0) is 0 Å². The zero-order valence-electron chi connectivity index (χ0n) is 9.56. The van der Waals surface area contributed by atoms with Gasteiger partial charge in [-0.3, -0.25) is 0 Å². The third-order valence-corrected chi connectivity index (χ3v) is 3.86. The van der Waals surface area contributed by atoms with Gasteiger partial charge in [-0.25, -0.2) is 4.98 Å². The van der Waals surface area contributed by atoms with Gasteiger partial charge in [-0.15, -0.1) is 0 Å². The van der Waals surface area contributed by atoms with E-state index in [1.807, 2.05) is 6.07 Å². The first-order valence-corrected chi connectivity index (χ1v) is 6.93. The molecule has 0 amide bonds. The Balaban J connectivity index is 2.67. The molecule has 5 heteroatoms. The van der Waals surface area contributed by atoms with Crippen molar-refractivity contribution in [3.8, 4) is 0 Å². The molecule has 0 radical (unpaired) electrons. The van der Waals surface area contributed by atoms with E-state index in [1.54, 1.807) is 6.20 Å². The van der Waals surface area contributed by atoms with Gasteiger partial charge in [-0.05, 0) is 50.8 Å². The third kappa shape index (κ3) is 3.71. The third-order valence-electron chi connectivity index (χ3n) is 2.82. The molecule has 90 valence electrons. The van der Waals surface area contributed by atoms with Crippen molar-refractivity contribution in [2.45, 2.75) is 32.2 Å². The number of anilines is 1. The highest BCUT2D eigenvalue weighted by Crippen LogP contribution is 2.24. The molecule has 0 aliphatic carbocycles. The van der Waals surface area contributed by atoms with E-state index in [2.05, 4.69) is 56.0 Å². The lowest BCUT2D eigenvalue weighted by Crippen LogP contribution is -2.45. The zero-order chi connectivity index (χ0) is 12.2. The van der Waals surface area contributed by atoms with Crippen molar-refractivity contribution in [1.29, 1.82) is 0 Å². The number of nitrogens with two attached hydrogens (primary N) is 1. The Hall–Kier alpha value is -0.130. The van der Waals surface area contributed by atoms with Gasteiger partial charge in [0, 0.05) is 22.8 Å². The van der Waals surface area contributed by atoms with E-state index < -0.39 is 0 Å². The van der Waals surface area contributed by atoms with Crippen LogP contribution < -0.4 is 11.1 Å². The second-order valence-electron chi connectivity index (χ2n) is 3.91. The summed E-state index contributed by atoms with van der Waals surface area (Å²) in [4.78, 5) is 4.29. The van der Waals surface area contributed by atoms with Crippen molar-refractivity contribution in [2.75, 3.05) is 11.9 Å². The number of aromatic nitrogens is 1. The standard InChI is InChI=1S/C11H17Br2N3/c1-3-11(14,4-2)7-16-10-9(13)5-8(12)6-15-10/h5-6H,3-4,7,14H2,1-2H3,(H,15,16). The molecule has 0 atom stereocenters. The molecule has 0 saturated carbocycles. The molecule has 0 spiro atoms. The van der Waals surface area contributed by atoms with E-state index in [0.717, 1.165) is 34.1 Å². The van der Waals surface area contributed by atoms with Gasteiger partial charge in [0.15, 0.2) is 0 Å². The summed E-state index contributed by atoms with van der Waals surface area (Å²) in [5.74, 6) is 0.833. The molecule has 0 saturated heterocycles. The highest BCUT2D eigenvalue weighted by Gasteiger charge is 2.20. The lowest BCUT2D eigenvalue weighted by molar-refractivity contribution is 0.418. The number of rotatable bonds is 5. The quantitative estimate of drug-likeness (QED) is 0.853. The first-order valence-electron chi connectivity index (χ1n) is 5.34. The Kier molecular flexibility index (Phi) is 5.21. The minimum Gasteiger partial charge on any atom is -0.367 e. The first-order chi connectivity index (χ1) is 7.50. The van der Waals surface area contributed by atoms with Gasteiger partial charge in [0.05, 0.1) is 4.47 Å². The van der Waals surface area contributed by atoms with Crippen LogP contribution in [0.3, 0.4) is 0 Å². The normalized spacial score (nSPS) is 11.6. The summed E-state index contributed by atoms with van der Waals surface area (Å²) >= 11 is 6.83. The van der Waals surface area contributed by atoms with Crippen molar-refractivity contribution in [3.63, 3.8) is 0 Å². The number of pyridine rings is 1. The smallest absolute Gasteiger partial charge is 0.140 e. The molecule has 0 bridgehead atoms. The van der Waals surface area contributed by atoms with Crippen molar-refractivity contribution in [1.82, 2.24) is 4.98 Å². The van der Waals surface area contributed by atoms with Crippen molar-refractivity contribution < 1.29 is 0 Å². The molecule has 1 heterocycles. The number of nitrogens with zero attached hydrogens (tertiary/aromatic N) is 1. The van der Waals surface area contributed by atoms with Crippen LogP contribution in [0.4, 0.5) is 5.82 Å². The van der Waals surface area contributed by atoms with Gasteiger partial charge in [-0.1, -0.05) is 13.8 Å². The van der Waals surface area contributed by atoms with Crippen LogP contribution in [0.2, 0.25) is 0 Å². The predicted octanol–water partition coefficient (Wildman–Crippen LogP) is 3.54. The fourth-order valence-corrected chi connectivity index (χ4v) is 2.43. The van der Waals surface area contributed by atoms with E-state index in [1.165, 1.54) is 0 Å². The topological polar surface area (TPSA) is 50.9 Å². The molecule has 0 unspecified atom stereocenters. The average Bonchev–Trinajstić information content (AvgIpc) is 2.27. The Labute approximate surface area is 113 Å². The Bertz CT molecular complexity index is 351. The van der Waals surface area contributed by atoms with Crippen LogP contribution >= 0.6 is 31.9 Å². The van der Waals surface area contributed by atoms with Gasteiger partial charge >= 0.3 is 0 Å². The molecular weight excluding hydrogens is 334 g/mol. The highest BCUT2D eigenvalue weighted by molar-refractivity contribution is 9.11. The number of nitrogens with one attached hydrogen (secondary N) is 1. The Morgan fingerprint density at radius 1 is 1.38 bits per heavy atom. The van der Waals surface area contributed by atoms with E-state index in [9.17, 15) is 0 Å². The average molecular weight is 351 g/mol. The second kappa shape index (κ2) is 5.98. The summed E-state index contributed by atoms with van der Waals surface area (Å²) in [6.07, 6.45) is 3.67. The first kappa shape index (κ1) is 13.9. The SMILES string of the molecule is CCC(N)(CC)CNc1ncc(Br)cc1Br. The summed E-state index contributed by atoms with van der Waals surface area (Å²) in [7, 11) is 0. The van der Waals surface area contributed by atoms with Gasteiger partial charge < -0.3 is 11.1 Å². The number of hydrogen-bond donors (Lipinski definition) is 2. The molecule has 1 aromatic heterocycles. The van der Waals surface area contributed by atoms with Gasteiger partial charge in [0.2, 0.25) is 0 Å². The highest BCUT2D eigenvalue weighted by atomic mass is 79.9. The lowest BCUT2D eigenvalue weighted by Gasteiger charge is -2.27. The summed E-state index contributed by atoms with van der Waals surface area (Å²) in [6, 6.07) is 1.96. The van der Waals surface area contributed by atoms with Gasteiger partial charge in [-0.2, -0.15) is 0 Å². The summed E-state index contributed by atoms with van der Waals surface area (Å²) in [5.41, 5.74) is 6.05. The van der Waals surface area contributed by atoms with Gasteiger partial charge in [0.25, 0.3) is 0 Å². The lowest BCUT2D eigenvalue weighted by atomic mass is 9.94. The van der Waals surface area contributed by atoms with Crippen LogP contribution in [0.25, 0.3) is 0 Å². The van der Waals surface area contributed by atoms with Crippen LogP contribution in [0.1, 0.15) is 26.7 Å². The number of halogens is 2. The summed E-state index contributed by atoms with van der Waals surface area (Å²) in [5, 5.41) is 3.28. The molecule has 3 N–H and O–H groups in total. The number of hydrogen-bond acceptors (Lipinski definition) is 3. The molecule has 16 heavy (non-hydrogen) atoms. The van der Waals surface area contributed by atoms with E-state index in [-0.39, 0.29) is 5.54 Å². The van der Waals surface area contributed by atoms with Crippen molar-refractivity contribution in [3.05, 3.63) is 21.2 Å². The fraction of sp³-hybridized carbons (Fsp3) is 0.545. The predicted molar refractivity (Wildman–Crippen MR) is 75.6 cm³/mol. The fourth-order valence-electron chi connectivity index (χ4n) is 1.30. The van der Waals surface area contributed by atoms with Crippen molar-refractivity contribution in [2.24, 2.45) is 5.73 Å². The molecule has 0 aromatic carbocycles. The van der Waals surface area contributed by atoms with Crippen LogP contribution in [0.15, 0.2) is 21.2 Å². The Morgan fingerprint density at radius 3 is 2.50 bits per heavy atom. The summed E-state index contributed by atoms with van der Waals surface area (Å²) < 4.78 is 1.89. The van der Waals surface area contributed by atoms with Crippen molar-refractivity contribution >= 4 is 37.7 Å². The minimum absolute atomic E-state index is 0.159. The monoisotopic (exact) mass is 349 g/mol. The Morgan fingerprint density at radius 2 is 2.00 bits per heavy atom. The minimum atomic E-state index is -0.159. The van der Waals surface area contributed by atoms with Crippen LogP contribution in [0, 0.1) is 0 Å². The molecule has 3 nitrogen and oxygen atoms in total. The maximum absolute atomic E-state index is 6.21.